The highest BCUT2D eigenvalue weighted by Crippen LogP contribution is 2.27. The Balaban J connectivity index is 1.88. The Morgan fingerprint density at radius 2 is 1.48 bits per heavy atom. The Morgan fingerprint density at radius 1 is 0.897 bits per heavy atom. The molecule has 0 saturated carbocycles. The van der Waals surface area contributed by atoms with Crippen molar-refractivity contribution in [2.75, 3.05) is 18.4 Å². The number of sulfonamides is 1. The minimum atomic E-state index is -3.75. The number of rotatable bonds is 6. The number of nitrogens with zero attached hydrogens (tertiary/aromatic N) is 2. The van der Waals surface area contributed by atoms with Crippen molar-refractivity contribution in [1.29, 1.82) is 0 Å². The summed E-state index contributed by atoms with van der Waals surface area (Å²) in [5.41, 5.74) is 1.59. The highest BCUT2D eigenvalue weighted by molar-refractivity contribution is 7.92. The van der Waals surface area contributed by atoms with Crippen molar-refractivity contribution in [3.05, 3.63) is 95.0 Å². The van der Waals surface area contributed by atoms with Crippen LogP contribution in [-0.2, 0) is 16.6 Å². The molecular formula is C22H21ClN2O3S. The first kappa shape index (κ1) is 20.9. The number of amides is 1. The van der Waals surface area contributed by atoms with E-state index in [0.29, 0.717) is 12.2 Å². The molecule has 0 aliphatic carbocycles. The largest absolute Gasteiger partial charge is 0.337 e. The number of halogens is 1. The fourth-order valence-electron chi connectivity index (χ4n) is 2.90. The molecule has 0 aliphatic rings. The predicted molar refractivity (Wildman–Crippen MR) is 116 cm³/mol. The van der Waals surface area contributed by atoms with Crippen molar-refractivity contribution < 1.29 is 13.2 Å². The summed E-state index contributed by atoms with van der Waals surface area (Å²) in [4.78, 5) is 14.7. The minimum Gasteiger partial charge on any atom is -0.337 e. The monoisotopic (exact) mass is 428 g/mol. The molecule has 0 unspecified atom stereocenters. The second-order valence-corrected chi connectivity index (χ2v) is 8.97. The Morgan fingerprint density at radius 3 is 2.10 bits per heavy atom. The van der Waals surface area contributed by atoms with E-state index in [1.165, 1.54) is 31.3 Å². The molecule has 0 aromatic heterocycles. The number of anilines is 1. The lowest BCUT2D eigenvalue weighted by Gasteiger charge is -2.22. The highest BCUT2D eigenvalue weighted by Gasteiger charge is 2.23. The van der Waals surface area contributed by atoms with Crippen LogP contribution < -0.4 is 4.31 Å². The maximum Gasteiger partial charge on any atom is 0.264 e. The van der Waals surface area contributed by atoms with Crippen molar-refractivity contribution in [3.63, 3.8) is 0 Å². The highest BCUT2D eigenvalue weighted by atomic mass is 35.5. The zero-order valence-corrected chi connectivity index (χ0v) is 17.7. The van der Waals surface area contributed by atoms with Crippen molar-refractivity contribution in [1.82, 2.24) is 4.90 Å². The van der Waals surface area contributed by atoms with Gasteiger partial charge in [0.2, 0.25) is 0 Å². The summed E-state index contributed by atoms with van der Waals surface area (Å²) in [6.07, 6.45) is 0. The SMILES string of the molecule is CN(Cc1ccccc1)C(=O)c1cc(N(C)S(=O)(=O)c2ccccc2)ccc1Cl. The maximum absolute atomic E-state index is 12.9. The molecule has 0 bridgehead atoms. The molecule has 0 spiro atoms. The van der Waals surface area contributed by atoms with Crippen LogP contribution >= 0.6 is 11.6 Å². The lowest BCUT2D eigenvalue weighted by Crippen LogP contribution is -2.28. The number of benzene rings is 3. The third-order valence-electron chi connectivity index (χ3n) is 4.55. The van der Waals surface area contributed by atoms with E-state index in [4.69, 9.17) is 11.6 Å². The van der Waals surface area contributed by atoms with Crippen LogP contribution in [0.15, 0.2) is 83.8 Å². The van der Waals surface area contributed by atoms with E-state index < -0.39 is 10.0 Å². The van der Waals surface area contributed by atoms with Gasteiger partial charge in [-0.3, -0.25) is 9.10 Å². The summed E-state index contributed by atoms with van der Waals surface area (Å²) < 4.78 is 26.9. The van der Waals surface area contributed by atoms with E-state index in [1.807, 2.05) is 30.3 Å². The third kappa shape index (κ3) is 4.60. The zero-order valence-electron chi connectivity index (χ0n) is 16.1. The van der Waals surface area contributed by atoms with Crippen molar-refractivity contribution in [2.24, 2.45) is 0 Å². The van der Waals surface area contributed by atoms with E-state index in [0.717, 1.165) is 9.87 Å². The van der Waals surface area contributed by atoms with Crippen LogP contribution in [0.2, 0.25) is 5.02 Å². The molecule has 0 radical (unpaired) electrons. The number of carbonyl (C=O) groups is 1. The molecule has 0 N–H and O–H groups in total. The van der Waals surface area contributed by atoms with Crippen LogP contribution in [0.1, 0.15) is 15.9 Å². The van der Waals surface area contributed by atoms with Gasteiger partial charge in [-0.2, -0.15) is 0 Å². The summed E-state index contributed by atoms with van der Waals surface area (Å²) in [6, 6.07) is 22.4. The molecule has 7 heteroatoms. The van der Waals surface area contributed by atoms with Gasteiger partial charge in [0.15, 0.2) is 0 Å². The lowest BCUT2D eigenvalue weighted by atomic mass is 10.1. The normalized spacial score (nSPS) is 11.1. The molecule has 1 amide bonds. The predicted octanol–water partition coefficient (Wildman–Crippen LogP) is 4.44. The molecule has 5 nitrogen and oxygen atoms in total. The third-order valence-corrected chi connectivity index (χ3v) is 6.68. The van der Waals surface area contributed by atoms with E-state index in [-0.39, 0.29) is 21.4 Å². The topological polar surface area (TPSA) is 57.7 Å². The van der Waals surface area contributed by atoms with Gasteiger partial charge >= 0.3 is 0 Å². The first-order valence-corrected chi connectivity index (χ1v) is 10.8. The maximum atomic E-state index is 12.9. The van der Waals surface area contributed by atoms with Crippen molar-refractivity contribution in [3.8, 4) is 0 Å². The zero-order chi connectivity index (χ0) is 21.0. The smallest absolute Gasteiger partial charge is 0.264 e. The molecule has 0 heterocycles. The number of hydrogen-bond donors (Lipinski definition) is 0. The fraction of sp³-hybridized carbons (Fsp3) is 0.136. The number of hydrogen-bond acceptors (Lipinski definition) is 3. The average molecular weight is 429 g/mol. The quantitative estimate of drug-likeness (QED) is 0.583. The van der Waals surface area contributed by atoms with Crippen LogP contribution in [0.5, 0.6) is 0 Å². The Bertz CT molecular complexity index is 1100. The molecule has 0 fully saturated rings. The van der Waals surface area contributed by atoms with Gasteiger partial charge in [-0.1, -0.05) is 60.1 Å². The minimum absolute atomic E-state index is 0.173. The molecule has 0 aliphatic heterocycles. The van der Waals surface area contributed by atoms with E-state index in [2.05, 4.69) is 0 Å². The van der Waals surface area contributed by atoms with E-state index in [9.17, 15) is 13.2 Å². The number of carbonyl (C=O) groups excluding carboxylic acids is 1. The summed E-state index contributed by atoms with van der Waals surface area (Å²) in [5.74, 6) is -0.286. The van der Waals surface area contributed by atoms with Crippen molar-refractivity contribution in [2.45, 2.75) is 11.4 Å². The molecule has 29 heavy (non-hydrogen) atoms. The molecular weight excluding hydrogens is 408 g/mol. The molecule has 0 atom stereocenters. The molecule has 3 rings (SSSR count). The van der Waals surface area contributed by atoms with Crippen LogP contribution in [0.3, 0.4) is 0 Å². The first-order chi connectivity index (χ1) is 13.8. The van der Waals surface area contributed by atoms with Gasteiger partial charge in [-0.05, 0) is 35.9 Å². The second kappa shape index (κ2) is 8.68. The average Bonchev–Trinajstić information content (AvgIpc) is 2.74. The van der Waals surface area contributed by atoms with E-state index in [1.54, 1.807) is 36.2 Å². The van der Waals surface area contributed by atoms with Gasteiger partial charge in [-0.25, -0.2) is 8.42 Å². The lowest BCUT2D eigenvalue weighted by molar-refractivity contribution is 0.0785. The second-order valence-electron chi connectivity index (χ2n) is 6.60. The molecule has 3 aromatic rings. The van der Waals surface area contributed by atoms with Crippen LogP contribution in [-0.4, -0.2) is 33.3 Å². The van der Waals surface area contributed by atoms with Gasteiger partial charge in [-0.15, -0.1) is 0 Å². The molecule has 3 aromatic carbocycles. The summed E-state index contributed by atoms with van der Waals surface area (Å²) in [5, 5.41) is 0.268. The first-order valence-electron chi connectivity index (χ1n) is 8.93. The molecule has 0 saturated heterocycles. The van der Waals surface area contributed by atoms with Gasteiger partial charge in [0.25, 0.3) is 15.9 Å². The van der Waals surface area contributed by atoms with Crippen LogP contribution in [0.25, 0.3) is 0 Å². The Hall–Kier alpha value is -2.83. The Kier molecular flexibility index (Phi) is 6.25. The molecule has 150 valence electrons. The summed E-state index contributed by atoms with van der Waals surface area (Å²) >= 11 is 6.26. The van der Waals surface area contributed by atoms with Gasteiger partial charge in [0, 0.05) is 20.6 Å². The van der Waals surface area contributed by atoms with Gasteiger partial charge in [0.1, 0.15) is 0 Å². The van der Waals surface area contributed by atoms with Crippen LogP contribution in [0, 0.1) is 0 Å². The fourth-order valence-corrected chi connectivity index (χ4v) is 4.30. The standard InChI is InChI=1S/C22H21ClN2O3S/c1-24(16-17-9-5-3-6-10-17)22(26)20-15-18(13-14-21(20)23)25(2)29(27,28)19-11-7-4-8-12-19/h3-15H,16H2,1-2H3. The summed E-state index contributed by atoms with van der Waals surface area (Å²) in [6.45, 7) is 0.415. The summed E-state index contributed by atoms with van der Waals surface area (Å²) in [7, 11) is -0.616. The van der Waals surface area contributed by atoms with Crippen molar-refractivity contribution >= 4 is 33.2 Å². The van der Waals surface area contributed by atoms with E-state index >= 15 is 0 Å². The van der Waals surface area contributed by atoms with Gasteiger partial charge < -0.3 is 4.90 Å². The van der Waals surface area contributed by atoms with Gasteiger partial charge in [0.05, 0.1) is 21.2 Å². The van der Waals surface area contributed by atoms with Crippen LogP contribution in [0.4, 0.5) is 5.69 Å². The Labute approximate surface area is 176 Å².